The monoisotopic (exact) mass is 284 g/mol. The largest absolute Gasteiger partial charge is 0.465 e. The average Bonchev–Trinajstić information content (AvgIpc) is 2.52. The predicted octanol–water partition coefficient (Wildman–Crippen LogP) is 2.45. The van der Waals surface area contributed by atoms with E-state index in [0.29, 0.717) is 16.8 Å². The summed E-state index contributed by atoms with van der Waals surface area (Å²) in [5, 5.41) is 0. The van der Waals surface area contributed by atoms with Gasteiger partial charge in [-0.1, -0.05) is 12.1 Å². The molecule has 2 aromatic rings. The summed E-state index contributed by atoms with van der Waals surface area (Å²) in [7, 11) is 2.93. The highest BCUT2D eigenvalue weighted by Crippen LogP contribution is 2.21. The normalized spacial score (nSPS) is 10.0. The van der Waals surface area contributed by atoms with Crippen LogP contribution in [0, 0.1) is 6.92 Å². The molecule has 0 radical (unpaired) electrons. The van der Waals surface area contributed by atoms with Crippen molar-refractivity contribution in [3.63, 3.8) is 0 Å². The van der Waals surface area contributed by atoms with Crippen LogP contribution < -0.4 is 4.90 Å². The molecule has 0 bridgehead atoms. The van der Waals surface area contributed by atoms with Gasteiger partial charge in [0.05, 0.1) is 23.9 Å². The van der Waals surface area contributed by atoms with E-state index in [1.165, 1.54) is 18.2 Å². The number of carbonyl (C=O) groups excluding carboxylic acids is 2. The summed E-state index contributed by atoms with van der Waals surface area (Å²) in [6.45, 7) is 1.87. The molecule has 21 heavy (non-hydrogen) atoms. The number of methoxy groups -OCH3 is 1. The smallest absolute Gasteiger partial charge is 0.339 e. The fraction of sp³-hybridized carbons (Fsp3) is 0.188. The van der Waals surface area contributed by atoms with Crippen LogP contribution in [-0.2, 0) is 4.74 Å². The van der Waals surface area contributed by atoms with Gasteiger partial charge >= 0.3 is 5.97 Å². The molecular formula is C16H16N2O3. The van der Waals surface area contributed by atoms with E-state index in [1.54, 1.807) is 43.6 Å². The number of hydrogen-bond donors (Lipinski definition) is 0. The second kappa shape index (κ2) is 6.17. The van der Waals surface area contributed by atoms with Crippen LogP contribution in [0.3, 0.4) is 0 Å². The SMILES string of the molecule is COC(=O)c1ccccc1N(C)C(=O)c1cncc(C)c1. The molecule has 1 aromatic heterocycles. The van der Waals surface area contributed by atoms with Gasteiger partial charge in [0.1, 0.15) is 0 Å². The van der Waals surface area contributed by atoms with Crippen LogP contribution in [0.25, 0.3) is 0 Å². The third-order valence-electron chi connectivity index (χ3n) is 3.10. The van der Waals surface area contributed by atoms with E-state index in [-0.39, 0.29) is 5.91 Å². The van der Waals surface area contributed by atoms with Crippen LogP contribution in [0.2, 0.25) is 0 Å². The molecule has 108 valence electrons. The van der Waals surface area contributed by atoms with Crippen LogP contribution in [0.5, 0.6) is 0 Å². The summed E-state index contributed by atoms with van der Waals surface area (Å²) in [4.78, 5) is 29.7. The van der Waals surface area contributed by atoms with Crippen molar-refractivity contribution in [2.24, 2.45) is 0 Å². The lowest BCUT2D eigenvalue weighted by Crippen LogP contribution is -2.28. The van der Waals surface area contributed by atoms with Crippen LogP contribution >= 0.6 is 0 Å². The number of nitrogens with zero attached hydrogens (tertiary/aromatic N) is 2. The van der Waals surface area contributed by atoms with E-state index in [0.717, 1.165) is 5.56 Å². The van der Waals surface area contributed by atoms with E-state index in [1.807, 2.05) is 6.92 Å². The van der Waals surface area contributed by atoms with Gasteiger partial charge < -0.3 is 9.64 Å². The lowest BCUT2D eigenvalue weighted by Gasteiger charge is -2.19. The van der Waals surface area contributed by atoms with Gasteiger partial charge in [-0.25, -0.2) is 4.79 Å². The minimum atomic E-state index is -0.479. The summed E-state index contributed by atoms with van der Waals surface area (Å²) in [5.74, 6) is -0.713. The molecule has 0 saturated heterocycles. The van der Waals surface area contributed by atoms with E-state index in [9.17, 15) is 9.59 Å². The van der Waals surface area contributed by atoms with Gasteiger partial charge in [-0.3, -0.25) is 9.78 Å². The number of hydrogen-bond acceptors (Lipinski definition) is 4. The maximum absolute atomic E-state index is 12.5. The number of esters is 1. The summed E-state index contributed by atoms with van der Waals surface area (Å²) in [6.07, 6.45) is 3.19. The first kappa shape index (κ1) is 14.7. The van der Waals surface area contributed by atoms with Crippen molar-refractivity contribution in [1.29, 1.82) is 0 Å². The topological polar surface area (TPSA) is 59.5 Å². The average molecular weight is 284 g/mol. The third kappa shape index (κ3) is 3.08. The van der Waals surface area contributed by atoms with Gasteiger partial charge in [-0.15, -0.1) is 0 Å². The molecule has 0 fully saturated rings. The van der Waals surface area contributed by atoms with Crippen LogP contribution in [0.1, 0.15) is 26.3 Å². The molecule has 0 aliphatic rings. The lowest BCUT2D eigenvalue weighted by atomic mass is 10.1. The Hall–Kier alpha value is -2.69. The number of rotatable bonds is 3. The van der Waals surface area contributed by atoms with Crippen LogP contribution in [0.4, 0.5) is 5.69 Å². The molecule has 5 heteroatoms. The van der Waals surface area contributed by atoms with Gasteiger partial charge in [-0.2, -0.15) is 0 Å². The predicted molar refractivity (Wildman–Crippen MR) is 79.5 cm³/mol. The number of aryl methyl sites for hydroxylation is 1. The molecular weight excluding hydrogens is 268 g/mol. The van der Waals surface area contributed by atoms with Crippen molar-refractivity contribution < 1.29 is 14.3 Å². The standard InChI is InChI=1S/C16H16N2O3/c1-11-8-12(10-17-9-11)15(19)18(2)14-7-5-4-6-13(14)16(20)21-3/h4-10H,1-3H3. The molecule has 0 spiro atoms. The zero-order chi connectivity index (χ0) is 15.4. The highest BCUT2D eigenvalue weighted by molar-refractivity contribution is 6.09. The van der Waals surface area contributed by atoms with Gasteiger partial charge in [0.25, 0.3) is 5.91 Å². The Morgan fingerprint density at radius 2 is 1.90 bits per heavy atom. The Morgan fingerprint density at radius 1 is 1.19 bits per heavy atom. The fourth-order valence-corrected chi connectivity index (χ4v) is 2.02. The lowest BCUT2D eigenvalue weighted by molar-refractivity contribution is 0.0601. The van der Waals surface area contributed by atoms with E-state index in [2.05, 4.69) is 4.98 Å². The van der Waals surface area contributed by atoms with E-state index in [4.69, 9.17) is 4.74 Å². The van der Waals surface area contributed by atoms with Gasteiger partial charge in [0.15, 0.2) is 0 Å². The summed E-state index contributed by atoms with van der Waals surface area (Å²) in [5.41, 5.74) is 2.21. The zero-order valence-corrected chi connectivity index (χ0v) is 12.2. The molecule has 1 heterocycles. The van der Waals surface area contributed by atoms with E-state index < -0.39 is 5.97 Å². The number of para-hydroxylation sites is 1. The van der Waals surface area contributed by atoms with Gasteiger partial charge in [-0.05, 0) is 30.7 Å². The minimum Gasteiger partial charge on any atom is -0.465 e. The van der Waals surface area contributed by atoms with Crippen LogP contribution in [-0.4, -0.2) is 31.0 Å². The molecule has 0 atom stereocenters. The van der Waals surface area contributed by atoms with Crippen molar-refractivity contribution in [2.45, 2.75) is 6.92 Å². The molecule has 2 rings (SSSR count). The Kier molecular flexibility index (Phi) is 4.33. The number of benzene rings is 1. The number of amides is 1. The second-order valence-corrected chi connectivity index (χ2v) is 4.62. The third-order valence-corrected chi connectivity index (χ3v) is 3.10. The number of pyridine rings is 1. The van der Waals surface area contributed by atoms with Gasteiger partial charge in [0, 0.05) is 19.4 Å². The second-order valence-electron chi connectivity index (χ2n) is 4.62. The molecule has 1 aromatic carbocycles. The Bertz CT molecular complexity index is 683. The molecule has 0 aliphatic carbocycles. The summed E-state index contributed by atoms with van der Waals surface area (Å²) >= 11 is 0. The van der Waals surface area contributed by atoms with Crippen molar-refractivity contribution in [2.75, 3.05) is 19.1 Å². The van der Waals surface area contributed by atoms with Crippen molar-refractivity contribution in [3.8, 4) is 0 Å². The van der Waals surface area contributed by atoms with E-state index >= 15 is 0 Å². The maximum atomic E-state index is 12.5. The van der Waals surface area contributed by atoms with Crippen LogP contribution in [0.15, 0.2) is 42.7 Å². The number of ether oxygens (including phenoxy) is 1. The van der Waals surface area contributed by atoms with Crippen molar-refractivity contribution >= 4 is 17.6 Å². The first-order chi connectivity index (χ1) is 10.0. The van der Waals surface area contributed by atoms with Crippen molar-refractivity contribution in [1.82, 2.24) is 4.98 Å². The molecule has 0 N–H and O–H groups in total. The highest BCUT2D eigenvalue weighted by atomic mass is 16.5. The number of carbonyl (C=O) groups is 2. The molecule has 1 amide bonds. The molecule has 5 nitrogen and oxygen atoms in total. The first-order valence-electron chi connectivity index (χ1n) is 6.41. The molecule has 0 unspecified atom stereocenters. The van der Waals surface area contributed by atoms with Gasteiger partial charge in [0.2, 0.25) is 0 Å². The quantitative estimate of drug-likeness (QED) is 0.812. The Balaban J connectivity index is 2.38. The Morgan fingerprint density at radius 3 is 2.57 bits per heavy atom. The minimum absolute atomic E-state index is 0.234. The Labute approximate surface area is 123 Å². The number of aromatic nitrogens is 1. The fourth-order valence-electron chi connectivity index (χ4n) is 2.02. The maximum Gasteiger partial charge on any atom is 0.339 e. The summed E-state index contributed by atoms with van der Waals surface area (Å²) < 4.78 is 4.74. The zero-order valence-electron chi connectivity index (χ0n) is 12.2. The first-order valence-corrected chi connectivity index (χ1v) is 6.41. The molecule has 0 saturated carbocycles. The highest BCUT2D eigenvalue weighted by Gasteiger charge is 2.20. The molecule has 0 aliphatic heterocycles. The van der Waals surface area contributed by atoms with Crippen molar-refractivity contribution in [3.05, 3.63) is 59.4 Å². The number of anilines is 1. The summed E-state index contributed by atoms with van der Waals surface area (Å²) in [6, 6.07) is 8.57.